The predicted octanol–water partition coefficient (Wildman–Crippen LogP) is 1.61. The molecule has 158 valence electrons. The van der Waals surface area contributed by atoms with Crippen molar-refractivity contribution in [2.24, 2.45) is 0 Å². The van der Waals surface area contributed by atoms with Crippen molar-refractivity contribution in [3.05, 3.63) is 39.3 Å². The molecule has 29 heavy (non-hydrogen) atoms. The maximum absolute atomic E-state index is 12.2. The van der Waals surface area contributed by atoms with E-state index in [2.05, 4.69) is 15.3 Å². The Hall–Kier alpha value is -2.53. The molecular formula is C18H23N3O6S2. The van der Waals surface area contributed by atoms with E-state index in [4.69, 9.17) is 9.47 Å². The zero-order valence-corrected chi connectivity index (χ0v) is 17.8. The van der Waals surface area contributed by atoms with E-state index in [1.54, 1.807) is 12.3 Å². The number of hydrogen-bond donors (Lipinski definition) is 2. The summed E-state index contributed by atoms with van der Waals surface area (Å²) in [7, 11) is -1.52. The molecule has 0 aliphatic carbocycles. The number of hydrogen-bond acceptors (Lipinski definition) is 8. The minimum atomic E-state index is -1.52. The van der Waals surface area contributed by atoms with Gasteiger partial charge >= 0.3 is 5.97 Å². The Bertz CT molecular complexity index is 924. The average molecular weight is 442 g/mol. The highest BCUT2D eigenvalue weighted by molar-refractivity contribution is 7.84. The third-order valence-electron chi connectivity index (χ3n) is 3.44. The van der Waals surface area contributed by atoms with E-state index in [0.717, 1.165) is 6.42 Å². The van der Waals surface area contributed by atoms with Gasteiger partial charge in [0.15, 0.2) is 10.9 Å². The lowest BCUT2D eigenvalue weighted by Gasteiger charge is -2.06. The van der Waals surface area contributed by atoms with Crippen LogP contribution in [-0.4, -0.2) is 45.0 Å². The summed E-state index contributed by atoms with van der Waals surface area (Å²) in [6.07, 6.45) is 2.24. The van der Waals surface area contributed by atoms with E-state index in [0.29, 0.717) is 23.1 Å². The number of carbonyl (C=O) groups is 2. The molecule has 2 aromatic rings. The molecule has 11 heteroatoms. The molecule has 1 amide bonds. The second-order valence-corrected chi connectivity index (χ2v) is 8.25. The van der Waals surface area contributed by atoms with Gasteiger partial charge in [0.25, 0.3) is 0 Å². The minimum absolute atomic E-state index is 0.0253. The van der Waals surface area contributed by atoms with Crippen LogP contribution in [0.2, 0.25) is 0 Å². The van der Waals surface area contributed by atoms with E-state index >= 15 is 0 Å². The first-order valence-corrected chi connectivity index (χ1v) is 11.4. The van der Waals surface area contributed by atoms with Gasteiger partial charge in [-0.3, -0.25) is 18.6 Å². The molecule has 0 saturated heterocycles. The van der Waals surface area contributed by atoms with Crippen LogP contribution in [0.5, 0.6) is 5.75 Å². The summed E-state index contributed by atoms with van der Waals surface area (Å²) in [4.78, 5) is 42.5. The van der Waals surface area contributed by atoms with Gasteiger partial charge in [-0.25, -0.2) is 4.98 Å². The normalized spacial score (nSPS) is 11.7. The molecule has 9 nitrogen and oxygen atoms in total. The quantitative estimate of drug-likeness (QED) is 0.507. The van der Waals surface area contributed by atoms with Gasteiger partial charge in [0.2, 0.25) is 11.3 Å². The fourth-order valence-corrected chi connectivity index (χ4v) is 3.95. The van der Waals surface area contributed by atoms with E-state index in [1.807, 2.05) is 6.92 Å². The number of anilines is 1. The lowest BCUT2D eigenvalue weighted by Crippen LogP contribution is -2.21. The van der Waals surface area contributed by atoms with Gasteiger partial charge in [-0.05, 0) is 13.3 Å². The summed E-state index contributed by atoms with van der Waals surface area (Å²) >= 11 is 1.17. The Balaban J connectivity index is 1.84. The molecule has 2 aromatic heterocycles. The maximum Gasteiger partial charge on any atom is 0.311 e. The lowest BCUT2D eigenvalue weighted by molar-refractivity contribution is -0.142. The highest BCUT2D eigenvalue weighted by atomic mass is 32.2. The summed E-state index contributed by atoms with van der Waals surface area (Å²) < 4.78 is 22.4. The van der Waals surface area contributed by atoms with Crippen LogP contribution in [0.3, 0.4) is 0 Å². The highest BCUT2D eigenvalue weighted by Gasteiger charge is 2.14. The number of aromatic amines is 1. The Morgan fingerprint density at radius 1 is 1.34 bits per heavy atom. The summed E-state index contributed by atoms with van der Waals surface area (Å²) in [5.41, 5.74) is 0.648. The lowest BCUT2D eigenvalue weighted by atomic mass is 10.3. The monoisotopic (exact) mass is 441 g/mol. The highest BCUT2D eigenvalue weighted by Crippen LogP contribution is 2.16. The van der Waals surface area contributed by atoms with Crippen molar-refractivity contribution >= 4 is 39.1 Å². The number of aromatic nitrogens is 2. The Labute approximate surface area is 174 Å². The third kappa shape index (κ3) is 7.78. The van der Waals surface area contributed by atoms with Gasteiger partial charge in [-0.15, -0.1) is 11.3 Å². The molecular weight excluding hydrogens is 418 g/mol. The number of pyridine rings is 1. The predicted molar refractivity (Wildman–Crippen MR) is 111 cm³/mol. The van der Waals surface area contributed by atoms with Gasteiger partial charge in [0.05, 0.1) is 31.1 Å². The maximum atomic E-state index is 12.2. The zero-order valence-electron chi connectivity index (χ0n) is 16.2. The minimum Gasteiger partial charge on any atom is -0.488 e. The van der Waals surface area contributed by atoms with Gasteiger partial charge in [-0.2, -0.15) is 0 Å². The number of nitrogens with one attached hydrogen (secondary N) is 2. The fraction of sp³-hybridized carbons (Fsp3) is 0.444. The number of ether oxygens (including phenoxy) is 2. The number of nitrogens with zero attached hydrogens (tertiary/aromatic N) is 1. The van der Waals surface area contributed by atoms with Crippen LogP contribution in [0.1, 0.15) is 31.7 Å². The molecule has 0 aromatic carbocycles. The molecule has 0 spiro atoms. The topological polar surface area (TPSA) is 127 Å². The first-order chi connectivity index (χ1) is 13.9. The van der Waals surface area contributed by atoms with Crippen molar-refractivity contribution in [2.45, 2.75) is 32.4 Å². The summed E-state index contributed by atoms with van der Waals surface area (Å²) in [5, 5.41) is 4.53. The molecule has 1 atom stereocenters. The third-order valence-corrected chi connectivity index (χ3v) is 5.46. The number of esters is 1. The van der Waals surface area contributed by atoms with Crippen LogP contribution < -0.4 is 15.5 Å². The molecule has 1 unspecified atom stereocenters. The molecule has 0 aliphatic heterocycles. The van der Waals surface area contributed by atoms with Crippen molar-refractivity contribution in [1.82, 2.24) is 9.97 Å². The largest absolute Gasteiger partial charge is 0.488 e. The average Bonchev–Trinajstić information content (AvgIpc) is 3.07. The molecule has 0 bridgehead atoms. The SMILES string of the molecule is CCCOc1c[nH]c(CS(=O)CC(=O)Nc2nc(CC(=O)OCC)cs2)cc1=O. The van der Waals surface area contributed by atoms with E-state index in [1.165, 1.54) is 23.6 Å². The first kappa shape index (κ1) is 22.8. The molecule has 2 N–H and O–H groups in total. The molecule has 0 saturated carbocycles. The summed E-state index contributed by atoms with van der Waals surface area (Å²) in [5.74, 6) is -0.866. The number of thiazole rings is 1. The first-order valence-electron chi connectivity index (χ1n) is 9.00. The number of carbonyl (C=O) groups excluding carboxylic acids is 2. The second kappa shape index (κ2) is 11.5. The summed E-state index contributed by atoms with van der Waals surface area (Å²) in [6.45, 7) is 4.38. The summed E-state index contributed by atoms with van der Waals surface area (Å²) in [6, 6.07) is 1.32. The van der Waals surface area contributed by atoms with Crippen molar-refractivity contribution in [2.75, 3.05) is 24.3 Å². The van der Waals surface area contributed by atoms with Crippen LogP contribution in [0, 0.1) is 0 Å². The Morgan fingerprint density at radius 3 is 2.83 bits per heavy atom. The van der Waals surface area contributed by atoms with Crippen molar-refractivity contribution in [3.8, 4) is 5.75 Å². The van der Waals surface area contributed by atoms with Crippen LogP contribution in [0.15, 0.2) is 22.4 Å². The standard InChI is InChI=1S/C18H23N3O6S2/c1-3-5-27-15-8-19-13(6-14(15)22)10-29(25)11-16(23)21-18-20-12(9-28-18)7-17(24)26-4-2/h6,8-9H,3-5,7,10-11H2,1-2H3,(H,19,22)(H,20,21,23). The molecule has 0 fully saturated rings. The van der Waals surface area contributed by atoms with Crippen LogP contribution >= 0.6 is 11.3 Å². The van der Waals surface area contributed by atoms with E-state index < -0.39 is 22.7 Å². The van der Waals surface area contributed by atoms with Gasteiger partial charge < -0.3 is 19.8 Å². The fourth-order valence-electron chi connectivity index (χ4n) is 2.24. The van der Waals surface area contributed by atoms with Crippen LogP contribution in [0.25, 0.3) is 0 Å². The second-order valence-electron chi connectivity index (χ2n) is 5.94. The molecule has 0 aliphatic rings. The van der Waals surface area contributed by atoms with Gasteiger partial charge in [0, 0.05) is 34.1 Å². The number of amides is 1. The van der Waals surface area contributed by atoms with Crippen molar-refractivity contribution in [3.63, 3.8) is 0 Å². The number of H-pyrrole nitrogens is 1. The van der Waals surface area contributed by atoms with E-state index in [9.17, 15) is 18.6 Å². The molecule has 0 radical (unpaired) electrons. The van der Waals surface area contributed by atoms with Crippen molar-refractivity contribution in [1.29, 1.82) is 0 Å². The zero-order chi connectivity index (χ0) is 21.2. The van der Waals surface area contributed by atoms with Crippen LogP contribution in [0.4, 0.5) is 5.13 Å². The molecule has 2 heterocycles. The van der Waals surface area contributed by atoms with Gasteiger partial charge in [0.1, 0.15) is 5.75 Å². The van der Waals surface area contributed by atoms with E-state index in [-0.39, 0.29) is 35.7 Å². The Morgan fingerprint density at radius 2 is 2.14 bits per heavy atom. The smallest absolute Gasteiger partial charge is 0.311 e. The molecule has 2 rings (SSSR count). The van der Waals surface area contributed by atoms with Gasteiger partial charge in [-0.1, -0.05) is 6.92 Å². The van der Waals surface area contributed by atoms with Crippen molar-refractivity contribution < 1.29 is 23.3 Å². The Kier molecular flexibility index (Phi) is 9.00. The number of rotatable bonds is 11. The van der Waals surface area contributed by atoms with Crippen LogP contribution in [-0.2, 0) is 37.3 Å².